The van der Waals surface area contributed by atoms with Crippen molar-refractivity contribution in [1.29, 1.82) is 0 Å². The maximum absolute atomic E-state index is 13.1. The molecule has 2 aromatic carbocycles. The molecule has 0 radical (unpaired) electrons. The van der Waals surface area contributed by atoms with Gasteiger partial charge in [-0.15, -0.1) is 0 Å². The third-order valence-electron chi connectivity index (χ3n) is 5.61. The van der Waals surface area contributed by atoms with E-state index in [-0.39, 0.29) is 44.7 Å². The number of ether oxygens (including phenoxy) is 2. The first-order valence-corrected chi connectivity index (χ1v) is 12.6. The average molecular weight is 547 g/mol. The van der Waals surface area contributed by atoms with Crippen LogP contribution in [-0.2, 0) is 14.4 Å². The number of hydrogen-bond donors (Lipinski definition) is 5. The summed E-state index contributed by atoms with van der Waals surface area (Å²) < 4.78 is 11.3. The van der Waals surface area contributed by atoms with Crippen LogP contribution < -0.4 is 30.7 Å². The fourth-order valence-corrected chi connectivity index (χ4v) is 3.73. The summed E-state index contributed by atoms with van der Waals surface area (Å²) >= 11 is 5.86. The Morgan fingerprint density at radius 2 is 1.87 bits per heavy atom. The lowest BCUT2D eigenvalue weighted by molar-refractivity contribution is -0.130. The molecule has 38 heavy (non-hydrogen) atoms. The van der Waals surface area contributed by atoms with E-state index in [4.69, 9.17) is 21.1 Å². The number of para-hydroxylation sites is 1. The Labute approximate surface area is 225 Å². The number of hydrogen-bond acceptors (Lipinski definition) is 7. The Kier molecular flexibility index (Phi) is 11.2. The van der Waals surface area contributed by atoms with Crippen LogP contribution >= 0.6 is 11.6 Å². The highest BCUT2D eigenvalue weighted by molar-refractivity contribution is 6.30. The van der Waals surface area contributed by atoms with Crippen LogP contribution in [0.15, 0.2) is 48.5 Å². The quantitative estimate of drug-likeness (QED) is 0.335. The molecule has 1 heterocycles. The number of nitrogens with one attached hydrogen (secondary N) is 4. The third-order valence-corrected chi connectivity index (χ3v) is 5.86. The molecule has 5 N–H and O–H groups in total. The molecular formula is C26H31ClN4O7. The summed E-state index contributed by atoms with van der Waals surface area (Å²) in [5.74, 6) is -1.22. The molecule has 0 spiro atoms. The number of carbonyl (C=O) groups excluding carboxylic acids is 4. The molecule has 0 bridgehead atoms. The second kappa shape index (κ2) is 14.8. The maximum Gasteiger partial charge on any atom is 0.255 e. The molecule has 4 amide bonds. The fourth-order valence-electron chi connectivity index (χ4n) is 3.61. The summed E-state index contributed by atoms with van der Waals surface area (Å²) in [6, 6.07) is 11.2. The first-order chi connectivity index (χ1) is 18.4. The minimum atomic E-state index is -1.14. The van der Waals surface area contributed by atoms with Crippen molar-refractivity contribution in [2.24, 2.45) is 0 Å². The predicted octanol–water partition coefficient (Wildman–Crippen LogP) is 0.790. The molecular weight excluding hydrogens is 516 g/mol. The van der Waals surface area contributed by atoms with Gasteiger partial charge in [0.2, 0.25) is 17.7 Å². The van der Waals surface area contributed by atoms with E-state index in [1.807, 2.05) is 0 Å². The number of halogens is 1. The van der Waals surface area contributed by atoms with Gasteiger partial charge in [-0.05, 0) is 49.2 Å². The van der Waals surface area contributed by atoms with Crippen LogP contribution in [-0.4, -0.2) is 73.7 Å². The lowest BCUT2D eigenvalue weighted by atomic mass is 10.1. The molecule has 2 atom stereocenters. The van der Waals surface area contributed by atoms with Crippen LogP contribution in [0.3, 0.4) is 0 Å². The third kappa shape index (κ3) is 8.93. The van der Waals surface area contributed by atoms with Crippen molar-refractivity contribution in [3.8, 4) is 11.5 Å². The SMILES string of the molecule is O=C1CC[C@@H](C(=O)NCCOc2ccc(Cl)cc2)NC(=O)c2ccccc2OCCCNC(=O)[C@H](CO)N1. The van der Waals surface area contributed by atoms with Gasteiger partial charge >= 0.3 is 0 Å². The lowest BCUT2D eigenvalue weighted by Crippen LogP contribution is -2.50. The average Bonchev–Trinajstić information content (AvgIpc) is 2.92. The molecule has 1 aliphatic rings. The van der Waals surface area contributed by atoms with E-state index < -0.39 is 42.3 Å². The molecule has 3 rings (SSSR count). The van der Waals surface area contributed by atoms with Gasteiger partial charge in [-0.1, -0.05) is 23.7 Å². The minimum Gasteiger partial charge on any atom is -0.493 e. The van der Waals surface area contributed by atoms with Crippen molar-refractivity contribution in [1.82, 2.24) is 21.3 Å². The Morgan fingerprint density at radius 1 is 1.11 bits per heavy atom. The fraction of sp³-hybridized carbons (Fsp3) is 0.385. The zero-order valence-corrected chi connectivity index (χ0v) is 21.5. The summed E-state index contributed by atoms with van der Waals surface area (Å²) in [5.41, 5.74) is 0.234. The number of aliphatic hydroxyl groups excluding tert-OH is 1. The van der Waals surface area contributed by atoms with E-state index in [1.54, 1.807) is 48.5 Å². The summed E-state index contributed by atoms with van der Waals surface area (Å²) in [7, 11) is 0. The lowest BCUT2D eigenvalue weighted by Gasteiger charge is -2.21. The zero-order chi connectivity index (χ0) is 27.3. The molecule has 2 aromatic rings. The van der Waals surface area contributed by atoms with Crippen LogP contribution in [0.4, 0.5) is 0 Å². The first-order valence-electron chi connectivity index (χ1n) is 12.2. The number of carbonyl (C=O) groups is 4. The molecule has 12 heteroatoms. The highest BCUT2D eigenvalue weighted by Gasteiger charge is 2.26. The van der Waals surface area contributed by atoms with Gasteiger partial charge in [-0.3, -0.25) is 19.2 Å². The van der Waals surface area contributed by atoms with E-state index in [9.17, 15) is 24.3 Å². The zero-order valence-electron chi connectivity index (χ0n) is 20.7. The van der Waals surface area contributed by atoms with Crippen LogP contribution in [0.25, 0.3) is 0 Å². The normalized spacial score (nSPS) is 19.2. The standard InChI is InChI=1S/C26H31ClN4O7/c27-17-6-8-18(9-7-17)37-15-13-29-25(35)20-10-11-23(33)30-21(16-32)26(36)28-12-3-14-38-22-5-2-1-4-19(22)24(34)31-20/h1-2,4-9,20-21,32H,3,10-16H2,(H,28,36)(H,29,35)(H,30,33)(H,31,34)/t20-,21-/m0/s1. The van der Waals surface area contributed by atoms with Crippen LogP contribution in [0, 0.1) is 0 Å². The smallest absolute Gasteiger partial charge is 0.255 e. The number of amides is 4. The molecule has 0 saturated carbocycles. The first kappa shape index (κ1) is 28.7. The number of aliphatic hydroxyl groups is 1. The van der Waals surface area contributed by atoms with Crippen molar-refractivity contribution in [3.63, 3.8) is 0 Å². The van der Waals surface area contributed by atoms with Crippen molar-refractivity contribution in [2.75, 3.05) is 32.9 Å². The van der Waals surface area contributed by atoms with Crippen molar-refractivity contribution < 1.29 is 33.8 Å². The molecule has 0 fully saturated rings. The second-order valence-electron chi connectivity index (χ2n) is 8.45. The molecule has 0 aromatic heterocycles. The summed E-state index contributed by atoms with van der Waals surface area (Å²) in [4.78, 5) is 50.8. The molecule has 0 aliphatic carbocycles. The minimum absolute atomic E-state index is 0.0513. The molecule has 0 unspecified atom stereocenters. The predicted molar refractivity (Wildman–Crippen MR) is 139 cm³/mol. The van der Waals surface area contributed by atoms with Gasteiger partial charge in [0.25, 0.3) is 5.91 Å². The van der Waals surface area contributed by atoms with Crippen molar-refractivity contribution >= 4 is 35.2 Å². The summed E-state index contributed by atoms with van der Waals surface area (Å²) in [6.45, 7) is 0.183. The maximum atomic E-state index is 13.1. The molecule has 11 nitrogen and oxygen atoms in total. The van der Waals surface area contributed by atoms with Crippen molar-refractivity contribution in [3.05, 3.63) is 59.1 Å². The van der Waals surface area contributed by atoms with Gasteiger partial charge in [-0.2, -0.15) is 0 Å². The van der Waals surface area contributed by atoms with Gasteiger partial charge in [0, 0.05) is 18.0 Å². The molecule has 1 aliphatic heterocycles. The Balaban J connectivity index is 1.69. The molecule has 0 saturated heterocycles. The Hall–Kier alpha value is -3.83. The van der Waals surface area contributed by atoms with Gasteiger partial charge in [0.15, 0.2) is 0 Å². The monoisotopic (exact) mass is 546 g/mol. The Morgan fingerprint density at radius 3 is 2.63 bits per heavy atom. The number of rotatable bonds is 6. The molecule has 204 valence electrons. The number of benzene rings is 2. The van der Waals surface area contributed by atoms with E-state index in [0.29, 0.717) is 22.9 Å². The summed E-state index contributed by atoms with van der Waals surface area (Å²) in [5, 5.41) is 20.6. The number of fused-ring (bicyclic) bond motifs is 1. The topological polar surface area (TPSA) is 155 Å². The van der Waals surface area contributed by atoms with Crippen LogP contribution in [0.5, 0.6) is 11.5 Å². The van der Waals surface area contributed by atoms with Gasteiger partial charge in [-0.25, -0.2) is 0 Å². The highest BCUT2D eigenvalue weighted by atomic mass is 35.5. The van der Waals surface area contributed by atoms with Crippen LogP contribution in [0.1, 0.15) is 29.6 Å². The van der Waals surface area contributed by atoms with Crippen LogP contribution in [0.2, 0.25) is 5.02 Å². The largest absolute Gasteiger partial charge is 0.493 e. The van der Waals surface area contributed by atoms with Gasteiger partial charge in [0.05, 0.1) is 25.3 Å². The van der Waals surface area contributed by atoms with E-state index in [0.717, 1.165) is 0 Å². The highest BCUT2D eigenvalue weighted by Crippen LogP contribution is 2.19. The van der Waals surface area contributed by atoms with Gasteiger partial charge in [0.1, 0.15) is 30.2 Å². The van der Waals surface area contributed by atoms with E-state index in [1.165, 1.54) is 0 Å². The van der Waals surface area contributed by atoms with E-state index >= 15 is 0 Å². The Bertz CT molecular complexity index is 1110. The van der Waals surface area contributed by atoms with E-state index in [2.05, 4.69) is 21.3 Å². The van der Waals surface area contributed by atoms with Crippen molar-refractivity contribution in [2.45, 2.75) is 31.3 Å². The second-order valence-corrected chi connectivity index (χ2v) is 8.89. The summed E-state index contributed by atoms with van der Waals surface area (Å²) in [6.07, 6.45) is 0.197. The van der Waals surface area contributed by atoms with Gasteiger partial charge < -0.3 is 35.8 Å².